The van der Waals surface area contributed by atoms with Crippen LogP contribution in [-0.4, -0.2) is 32.5 Å². The Morgan fingerprint density at radius 1 is 1.09 bits per heavy atom. The minimum absolute atomic E-state index is 0.00440. The lowest BCUT2D eigenvalue weighted by Gasteiger charge is -2.24. The van der Waals surface area contributed by atoms with Gasteiger partial charge in [-0.15, -0.1) is 0 Å². The van der Waals surface area contributed by atoms with Crippen LogP contribution in [0.25, 0.3) is 0 Å². The van der Waals surface area contributed by atoms with E-state index in [4.69, 9.17) is 20.5 Å². The van der Waals surface area contributed by atoms with Crippen LogP contribution in [0.5, 0.6) is 11.5 Å². The van der Waals surface area contributed by atoms with Crippen molar-refractivity contribution in [2.45, 2.75) is 30.3 Å². The number of rotatable bonds is 8. The van der Waals surface area contributed by atoms with Gasteiger partial charge in [-0.1, -0.05) is 23.7 Å². The van der Waals surface area contributed by atoms with Crippen LogP contribution < -0.4 is 14.2 Å². The minimum Gasteiger partial charge on any atom is -0.495 e. The highest BCUT2D eigenvalue weighted by atomic mass is 35.5. The van der Waals surface area contributed by atoms with Crippen molar-refractivity contribution in [3.05, 3.63) is 83.1 Å². The Morgan fingerprint density at radius 2 is 1.79 bits per heavy atom. The zero-order chi connectivity index (χ0) is 24.3. The molecule has 0 aliphatic heterocycles. The third kappa shape index (κ3) is 5.60. The monoisotopic (exact) mass is 504 g/mol. The lowest BCUT2D eigenvalue weighted by Crippen LogP contribution is -2.36. The van der Waals surface area contributed by atoms with Crippen LogP contribution >= 0.6 is 11.6 Å². The molecule has 3 aromatic carbocycles. The van der Waals surface area contributed by atoms with Gasteiger partial charge in [0.05, 0.1) is 19.3 Å². The number of carbonyl (C=O) groups is 1. The normalized spacial score (nSPS) is 13.3. The number of amides is 2. The Hall–Kier alpha value is -3.30. The maximum absolute atomic E-state index is 13.2. The van der Waals surface area contributed by atoms with Gasteiger partial charge in [-0.3, -0.25) is 0 Å². The van der Waals surface area contributed by atoms with Crippen LogP contribution in [0.2, 0.25) is 5.02 Å². The van der Waals surface area contributed by atoms with Gasteiger partial charge in [0.1, 0.15) is 22.2 Å². The molecule has 178 valence electrons. The van der Waals surface area contributed by atoms with Crippen molar-refractivity contribution in [1.29, 1.82) is 0 Å². The summed E-state index contributed by atoms with van der Waals surface area (Å²) in [5.74, 6) is -0.0134. The Bertz CT molecular complexity index is 1300. The van der Waals surface area contributed by atoms with E-state index in [0.29, 0.717) is 22.0 Å². The molecule has 0 aromatic heterocycles. The molecular weight excluding hydrogens is 483 g/mol. The van der Waals surface area contributed by atoms with E-state index in [1.165, 1.54) is 19.2 Å². The summed E-state index contributed by atoms with van der Waals surface area (Å²) < 4.78 is 49.4. The van der Waals surface area contributed by atoms with Gasteiger partial charge in [0, 0.05) is 16.6 Å². The lowest BCUT2D eigenvalue weighted by atomic mass is 10.2. The van der Waals surface area contributed by atoms with Gasteiger partial charge < -0.3 is 19.1 Å². The van der Waals surface area contributed by atoms with E-state index in [1.807, 2.05) is 0 Å². The number of nitrogens with zero attached hydrogens (tertiary/aromatic N) is 1. The number of hydrogen-bond donors (Lipinski definition) is 1. The first-order chi connectivity index (χ1) is 16.3. The van der Waals surface area contributed by atoms with Crippen LogP contribution in [0.4, 0.5) is 14.9 Å². The van der Waals surface area contributed by atoms with Gasteiger partial charge in [0.25, 0.3) is 0 Å². The highest BCUT2D eigenvalue weighted by Crippen LogP contribution is 2.34. The molecule has 0 atom stereocenters. The van der Waals surface area contributed by atoms with E-state index in [2.05, 4.69) is 5.32 Å². The fraction of sp³-hybridized carbons (Fsp3) is 0.208. The average Bonchev–Trinajstić information content (AvgIpc) is 3.65. The van der Waals surface area contributed by atoms with Crippen LogP contribution in [0, 0.1) is 5.82 Å². The van der Waals surface area contributed by atoms with E-state index >= 15 is 0 Å². The van der Waals surface area contributed by atoms with Crippen LogP contribution in [0.15, 0.2) is 71.6 Å². The maximum atomic E-state index is 13.2. The number of anilines is 1. The van der Waals surface area contributed by atoms with Crippen molar-refractivity contribution in [3.8, 4) is 11.5 Å². The molecule has 34 heavy (non-hydrogen) atoms. The number of benzene rings is 3. The molecule has 1 saturated carbocycles. The second-order valence-corrected chi connectivity index (χ2v) is 9.72. The Labute approximate surface area is 202 Å². The number of methoxy groups -OCH3 is 1. The largest absolute Gasteiger partial charge is 0.495 e. The highest BCUT2D eigenvalue weighted by Gasteiger charge is 2.34. The molecule has 1 aliphatic rings. The fourth-order valence-corrected chi connectivity index (χ4v) is 4.55. The molecule has 1 fully saturated rings. The zero-order valence-electron chi connectivity index (χ0n) is 18.2. The minimum atomic E-state index is -4.23. The quantitative estimate of drug-likeness (QED) is 0.412. The molecule has 0 unspecified atom stereocenters. The average molecular weight is 505 g/mol. The SMILES string of the molecule is COc1ccccc1NC(=O)N(Cc1cc(Cl)ccc1OS(=O)(=O)c1ccc(F)cc1)C1CC1. The Morgan fingerprint density at radius 3 is 2.47 bits per heavy atom. The Kier molecular flexibility index (Phi) is 6.95. The van der Waals surface area contributed by atoms with E-state index in [-0.39, 0.29) is 29.3 Å². The van der Waals surface area contributed by atoms with Crippen molar-refractivity contribution in [2.24, 2.45) is 0 Å². The molecule has 3 aromatic rings. The van der Waals surface area contributed by atoms with Crippen LogP contribution in [-0.2, 0) is 16.7 Å². The van der Waals surface area contributed by atoms with Gasteiger partial charge in [0.15, 0.2) is 0 Å². The Balaban J connectivity index is 1.59. The summed E-state index contributed by atoms with van der Waals surface area (Å²) in [6, 6.07) is 15.5. The molecule has 0 saturated heterocycles. The summed E-state index contributed by atoms with van der Waals surface area (Å²) >= 11 is 6.17. The van der Waals surface area contributed by atoms with Gasteiger partial charge in [-0.25, -0.2) is 9.18 Å². The van der Waals surface area contributed by atoms with Crippen molar-refractivity contribution in [1.82, 2.24) is 4.90 Å². The van der Waals surface area contributed by atoms with Gasteiger partial charge in [-0.2, -0.15) is 8.42 Å². The predicted molar refractivity (Wildman–Crippen MR) is 126 cm³/mol. The molecule has 1 N–H and O–H groups in total. The first kappa shape index (κ1) is 23.8. The van der Waals surface area contributed by atoms with Gasteiger partial charge in [-0.05, 0) is 67.4 Å². The smallest absolute Gasteiger partial charge is 0.339 e. The highest BCUT2D eigenvalue weighted by molar-refractivity contribution is 7.87. The van der Waals surface area contributed by atoms with E-state index < -0.39 is 15.9 Å². The second kappa shape index (κ2) is 9.90. The molecule has 0 bridgehead atoms. The zero-order valence-corrected chi connectivity index (χ0v) is 19.8. The number of hydrogen-bond acceptors (Lipinski definition) is 5. The molecule has 0 heterocycles. The van der Waals surface area contributed by atoms with E-state index in [1.54, 1.807) is 35.2 Å². The maximum Gasteiger partial charge on any atom is 0.339 e. The summed E-state index contributed by atoms with van der Waals surface area (Å²) in [7, 11) is -2.71. The summed E-state index contributed by atoms with van der Waals surface area (Å²) in [4.78, 5) is 14.5. The fourth-order valence-electron chi connectivity index (χ4n) is 3.39. The summed E-state index contributed by atoms with van der Waals surface area (Å²) in [5.41, 5.74) is 0.933. The summed E-state index contributed by atoms with van der Waals surface area (Å²) in [5, 5.41) is 3.21. The van der Waals surface area contributed by atoms with Crippen LogP contribution in [0.3, 0.4) is 0 Å². The molecule has 7 nitrogen and oxygen atoms in total. The van der Waals surface area contributed by atoms with Crippen molar-refractivity contribution in [3.63, 3.8) is 0 Å². The summed E-state index contributed by atoms with van der Waals surface area (Å²) in [6.45, 7) is 0.0699. The van der Waals surface area contributed by atoms with Gasteiger partial charge >= 0.3 is 16.1 Å². The second-order valence-electron chi connectivity index (χ2n) is 7.73. The number of halogens is 2. The third-order valence-electron chi connectivity index (χ3n) is 5.26. The van der Waals surface area contributed by atoms with E-state index in [0.717, 1.165) is 37.1 Å². The lowest BCUT2D eigenvalue weighted by molar-refractivity contribution is 0.205. The van der Waals surface area contributed by atoms with Crippen molar-refractivity contribution < 1.29 is 26.5 Å². The number of nitrogens with one attached hydrogen (secondary N) is 1. The first-order valence-electron chi connectivity index (χ1n) is 10.5. The molecule has 1 aliphatic carbocycles. The molecule has 0 radical (unpaired) electrons. The number of para-hydroxylation sites is 2. The van der Waals surface area contributed by atoms with Crippen molar-refractivity contribution >= 4 is 33.4 Å². The topological polar surface area (TPSA) is 84.9 Å². The number of carbonyl (C=O) groups excluding carboxylic acids is 1. The molecular formula is C24H22ClFN2O5S. The number of ether oxygens (including phenoxy) is 1. The molecule has 10 heteroatoms. The van der Waals surface area contributed by atoms with Crippen LogP contribution in [0.1, 0.15) is 18.4 Å². The first-order valence-corrected chi connectivity index (χ1v) is 12.2. The molecule has 0 spiro atoms. The number of urea groups is 1. The molecule has 2 amide bonds. The molecule has 4 rings (SSSR count). The van der Waals surface area contributed by atoms with E-state index in [9.17, 15) is 17.6 Å². The standard InChI is InChI=1S/C24H22ClFN2O5S/c1-32-23-5-3-2-4-21(23)27-24(29)28(19-9-10-19)15-16-14-17(25)6-13-22(16)33-34(30,31)20-11-7-18(26)8-12-20/h2-8,11-14,19H,9-10,15H2,1H3,(H,27,29). The van der Waals surface area contributed by atoms with Gasteiger partial charge in [0.2, 0.25) is 0 Å². The van der Waals surface area contributed by atoms with Crippen molar-refractivity contribution in [2.75, 3.05) is 12.4 Å². The third-order valence-corrected chi connectivity index (χ3v) is 6.75. The predicted octanol–water partition coefficient (Wildman–Crippen LogP) is 5.45. The summed E-state index contributed by atoms with van der Waals surface area (Å²) in [6.07, 6.45) is 1.65.